The lowest BCUT2D eigenvalue weighted by Gasteiger charge is -2.20. The summed E-state index contributed by atoms with van der Waals surface area (Å²) in [5.74, 6) is 0. The molecule has 0 fully saturated rings. The number of aliphatic hydroxyl groups excluding tert-OH is 3. The first-order chi connectivity index (χ1) is 4.20. The van der Waals surface area contributed by atoms with Crippen LogP contribution < -0.4 is 0 Å². The highest BCUT2D eigenvalue weighted by Gasteiger charge is 2.20. The second kappa shape index (κ2) is 2.47. The molecule has 1 aliphatic rings. The van der Waals surface area contributed by atoms with Crippen LogP contribution in [0.25, 0.3) is 0 Å². The molecule has 3 nitrogen and oxygen atoms in total. The van der Waals surface area contributed by atoms with Crippen LogP contribution in [0.1, 0.15) is 6.42 Å². The van der Waals surface area contributed by atoms with Gasteiger partial charge in [0.15, 0.2) is 0 Å². The predicted octanol–water partition coefficient (Wildman–Crippen LogP) is -0.971. The van der Waals surface area contributed by atoms with E-state index in [1.165, 1.54) is 12.2 Å². The monoisotopic (exact) mass is 130 g/mol. The molecule has 0 amide bonds. The predicted molar refractivity (Wildman–Crippen MR) is 31.8 cm³/mol. The Balaban J connectivity index is 2.54. The molecule has 3 heteroatoms. The second-order valence-corrected chi connectivity index (χ2v) is 2.25. The molecule has 0 saturated carbocycles. The molecule has 0 aromatic heterocycles. The molecule has 0 heterocycles. The van der Waals surface area contributed by atoms with Crippen molar-refractivity contribution in [3.8, 4) is 0 Å². The van der Waals surface area contributed by atoms with E-state index in [2.05, 4.69) is 0 Å². The Morgan fingerprint density at radius 1 is 1.11 bits per heavy atom. The topological polar surface area (TPSA) is 60.7 Å². The average Bonchev–Trinajstić information content (AvgIpc) is 1.80. The van der Waals surface area contributed by atoms with Crippen molar-refractivity contribution in [2.75, 3.05) is 0 Å². The Labute approximate surface area is 53.3 Å². The first-order valence-corrected chi connectivity index (χ1v) is 2.92. The normalized spacial score (nSPS) is 43.2. The SMILES string of the molecule is OC1C=CC(O)C(O)C1. The molecule has 0 spiro atoms. The van der Waals surface area contributed by atoms with E-state index in [0.717, 1.165) is 0 Å². The van der Waals surface area contributed by atoms with Gasteiger partial charge in [0.25, 0.3) is 0 Å². The van der Waals surface area contributed by atoms with Crippen LogP contribution in [-0.2, 0) is 0 Å². The summed E-state index contributed by atoms with van der Waals surface area (Å²) < 4.78 is 0. The zero-order chi connectivity index (χ0) is 6.85. The summed E-state index contributed by atoms with van der Waals surface area (Å²) in [6.07, 6.45) is 0.926. The van der Waals surface area contributed by atoms with Crippen molar-refractivity contribution in [3.05, 3.63) is 12.2 Å². The van der Waals surface area contributed by atoms with Crippen molar-refractivity contribution in [2.45, 2.75) is 24.7 Å². The molecule has 3 N–H and O–H groups in total. The van der Waals surface area contributed by atoms with Crippen molar-refractivity contribution < 1.29 is 15.3 Å². The summed E-state index contributed by atoms with van der Waals surface area (Å²) in [6, 6.07) is 0. The van der Waals surface area contributed by atoms with Crippen LogP contribution >= 0.6 is 0 Å². The van der Waals surface area contributed by atoms with Gasteiger partial charge in [0.05, 0.1) is 18.3 Å². The second-order valence-electron chi connectivity index (χ2n) is 2.25. The lowest BCUT2D eigenvalue weighted by Crippen LogP contribution is -2.31. The number of rotatable bonds is 0. The fourth-order valence-corrected chi connectivity index (χ4v) is 0.836. The molecule has 0 aromatic carbocycles. The first-order valence-electron chi connectivity index (χ1n) is 2.92. The van der Waals surface area contributed by atoms with E-state index < -0.39 is 18.3 Å². The van der Waals surface area contributed by atoms with E-state index >= 15 is 0 Å². The molecule has 0 saturated heterocycles. The Kier molecular flexibility index (Phi) is 1.85. The molecular weight excluding hydrogens is 120 g/mol. The first kappa shape index (κ1) is 6.74. The van der Waals surface area contributed by atoms with Crippen molar-refractivity contribution in [1.29, 1.82) is 0 Å². The van der Waals surface area contributed by atoms with Crippen LogP contribution in [0.4, 0.5) is 0 Å². The van der Waals surface area contributed by atoms with E-state index in [9.17, 15) is 0 Å². The van der Waals surface area contributed by atoms with Crippen LogP contribution in [0.3, 0.4) is 0 Å². The van der Waals surface area contributed by atoms with E-state index in [1.54, 1.807) is 0 Å². The van der Waals surface area contributed by atoms with Crippen molar-refractivity contribution in [3.63, 3.8) is 0 Å². The molecule has 1 aliphatic carbocycles. The van der Waals surface area contributed by atoms with Gasteiger partial charge in [0.2, 0.25) is 0 Å². The third-order valence-electron chi connectivity index (χ3n) is 1.41. The average molecular weight is 130 g/mol. The molecule has 0 radical (unpaired) electrons. The highest BCUT2D eigenvalue weighted by Crippen LogP contribution is 2.11. The summed E-state index contributed by atoms with van der Waals surface area (Å²) in [6.45, 7) is 0. The Morgan fingerprint density at radius 3 is 2.22 bits per heavy atom. The van der Waals surface area contributed by atoms with Crippen molar-refractivity contribution in [1.82, 2.24) is 0 Å². The lowest BCUT2D eigenvalue weighted by molar-refractivity contribution is 0.0101. The molecule has 9 heavy (non-hydrogen) atoms. The minimum atomic E-state index is -0.801. The van der Waals surface area contributed by atoms with E-state index in [0.29, 0.717) is 0 Å². The summed E-state index contributed by atoms with van der Waals surface area (Å²) in [7, 11) is 0. The minimum Gasteiger partial charge on any atom is -0.390 e. The van der Waals surface area contributed by atoms with Gasteiger partial charge in [0.1, 0.15) is 0 Å². The number of aliphatic hydroxyl groups is 3. The van der Waals surface area contributed by atoms with Crippen LogP contribution in [0.15, 0.2) is 12.2 Å². The van der Waals surface area contributed by atoms with Gasteiger partial charge in [-0.05, 0) is 0 Å². The van der Waals surface area contributed by atoms with E-state index in [1.807, 2.05) is 0 Å². The van der Waals surface area contributed by atoms with E-state index in [4.69, 9.17) is 15.3 Å². The number of hydrogen-bond acceptors (Lipinski definition) is 3. The fraction of sp³-hybridized carbons (Fsp3) is 0.667. The van der Waals surface area contributed by atoms with Gasteiger partial charge < -0.3 is 15.3 Å². The molecule has 0 bridgehead atoms. The molecular formula is C6H10O3. The largest absolute Gasteiger partial charge is 0.390 e. The van der Waals surface area contributed by atoms with Gasteiger partial charge in [-0.25, -0.2) is 0 Å². The molecule has 3 atom stereocenters. The third kappa shape index (κ3) is 1.51. The zero-order valence-corrected chi connectivity index (χ0v) is 4.94. The van der Waals surface area contributed by atoms with Crippen molar-refractivity contribution in [2.24, 2.45) is 0 Å². The molecule has 3 unspecified atom stereocenters. The van der Waals surface area contributed by atoms with Crippen LogP contribution in [0.5, 0.6) is 0 Å². The van der Waals surface area contributed by atoms with Gasteiger partial charge in [-0.15, -0.1) is 0 Å². The maximum atomic E-state index is 8.89. The Morgan fingerprint density at radius 2 is 1.78 bits per heavy atom. The van der Waals surface area contributed by atoms with Crippen LogP contribution in [-0.4, -0.2) is 33.6 Å². The molecule has 52 valence electrons. The maximum absolute atomic E-state index is 8.89. The third-order valence-corrected chi connectivity index (χ3v) is 1.41. The number of hydrogen-bond donors (Lipinski definition) is 3. The minimum absolute atomic E-state index is 0.234. The summed E-state index contributed by atoms with van der Waals surface area (Å²) in [5.41, 5.74) is 0. The van der Waals surface area contributed by atoms with Gasteiger partial charge in [-0.2, -0.15) is 0 Å². The van der Waals surface area contributed by atoms with Gasteiger partial charge in [0, 0.05) is 6.42 Å². The standard InChI is InChI=1S/C6H10O3/c7-4-1-2-5(8)6(9)3-4/h1-2,4-9H,3H2. The summed E-state index contributed by atoms with van der Waals surface area (Å²) in [4.78, 5) is 0. The zero-order valence-electron chi connectivity index (χ0n) is 4.94. The van der Waals surface area contributed by atoms with Gasteiger partial charge in [-0.1, -0.05) is 12.2 Å². The Bertz CT molecular complexity index is 121. The molecule has 0 aliphatic heterocycles. The van der Waals surface area contributed by atoms with Crippen molar-refractivity contribution >= 4 is 0 Å². The highest BCUT2D eigenvalue weighted by molar-refractivity contribution is 5.02. The Hall–Kier alpha value is -0.380. The fourth-order valence-electron chi connectivity index (χ4n) is 0.836. The van der Waals surface area contributed by atoms with Crippen LogP contribution in [0, 0.1) is 0 Å². The quantitative estimate of drug-likeness (QED) is 0.370. The van der Waals surface area contributed by atoms with Gasteiger partial charge in [-0.3, -0.25) is 0 Å². The molecule has 1 rings (SSSR count). The highest BCUT2D eigenvalue weighted by atomic mass is 16.3. The smallest absolute Gasteiger partial charge is 0.0981 e. The maximum Gasteiger partial charge on any atom is 0.0981 e. The van der Waals surface area contributed by atoms with E-state index in [-0.39, 0.29) is 6.42 Å². The summed E-state index contributed by atoms with van der Waals surface area (Å²) in [5, 5.41) is 26.6. The van der Waals surface area contributed by atoms with Crippen LogP contribution in [0.2, 0.25) is 0 Å². The summed E-state index contributed by atoms with van der Waals surface area (Å²) >= 11 is 0. The molecule has 0 aromatic rings. The van der Waals surface area contributed by atoms with Gasteiger partial charge >= 0.3 is 0 Å². The lowest BCUT2D eigenvalue weighted by atomic mass is 10.00.